The molecule has 0 aliphatic carbocycles. The van der Waals surface area contributed by atoms with Crippen LogP contribution in [-0.4, -0.2) is 16.8 Å². The molecule has 0 unspecified atom stereocenters. The van der Waals surface area contributed by atoms with E-state index in [1.165, 1.54) is 30.5 Å². The van der Waals surface area contributed by atoms with E-state index in [-0.39, 0.29) is 22.2 Å². The smallest absolute Gasteiger partial charge is 0.375 e. The summed E-state index contributed by atoms with van der Waals surface area (Å²) in [6.45, 7) is 0. The van der Waals surface area contributed by atoms with Crippen molar-refractivity contribution in [3.05, 3.63) is 93.4 Å². The molecule has 1 N–H and O–H groups in total. The van der Waals surface area contributed by atoms with Crippen LogP contribution < -0.4 is 5.32 Å². The fraction of sp³-hybridized carbons (Fsp3) is 0.0526. The molecule has 8 nitrogen and oxygen atoms in total. The zero-order chi connectivity index (χ0) is 20.1. The van der Waals surface area contributed by atoms with Crippen LogP contribution in [-0.2, 0) is 9.53 Å². The molecule has 9 heteroatoms. The number of hydrogen-bond acceptors (Lipinski definition) is 6. The Morgan fingerprint density at radius 2 is 1.86 bits per heavy atom. The van der Waals surface area contributed by atoms with Gasteiger partial charge in [0.2, 0.25) is 11.9 Å². The highest BCUT2D eigenvalue weighted by molar-refractivity contribution is 6.34. The molecule has 142 valence electrons. The lowest BCUT2D eigenvalue weighted by Crippen LogP contribution is -2.26. The van der Waals surface area contributed by atoms with Gasteiger partial charge in [-0.25, -0.2) is 4.79 Å². The van der Waals surface area contributed by atoms with E-state index >= 15 is 0 Å². The number of anilines is 1. The zero-order valence-corrected chi connectivity index (χ0v) is 15.0. The molecule has 0 saturated heterocycles. The van der Waals surface area contributed by atoms with E-state index < -0.39 is 22.9 Å². The van der Waals surface area contributed by atoms with Gasteiger partial charge in [-0.05, 0) is 18.2 Å². The first-order chi connectivity index (χ1) is 13.5. The van der Waals surface area contributed by atoms with E-state index in [1.807, 2.05) is 0 Å². The highest BCUT2D eigenvalue weighted by atomic mass is 35.5. The topological polar surface area (TPSA) is 112 Å². The van der Waals surface area contributed by atoms with Gasteiger partial charge in [0.15, 0.2) is 0 Å². The summed E-state index contributed by atoms with van der Waals surface area (Å²) in [5, 5.41) is 13.3. The first-order valence-corrected chi connectivity index (χ1v) is 8.38. The molecule has 0 bridgehead atoms. The van der Waals surface area contributed by atoms with Crippen molar-refractivity contribution < 1.29 is 23.7 Å². The summed E-state index contributed by atoms with van der Waals surface area (Å²) in [5.41, 5.74) is 0.358. The largest absolute Gasteiger partial charge is 0.457 e. The fourth-order valence-corrected chi connectivity index (χ4v) is 2.60. The van der Waals surface area contributed by atoms with E-state index in [2.05, 4.69) is 5.32 Å². The van der Waals surface area contributed by atoms with Crippen molar-refractivity contribution in [1.29, 1.82) is 0 Å². The van der Waals surface area contributed by atoms with Crippen molar-refractivity contribution >= 4 is 34.9 Å². The monoisotopic (exact) mass is 400 g/mol. The SMILES string of the molecule is O=C(O[C@@H](C(=O)Nc1ccc([N+](=O)[O-])cc1Cl)c1ccccc1)c1ccco1. The lowest BCUT2D eigenvalue weighted by Gasteiger charge is -2.18. The molecule has 1 atom stereocenters. The number of furan rings is 1. The summed E-state index contributed by atoms with van der Waals surface area (Å²) in [6, 6.07) is 14.9. The first kappa shape index (κ1) is 19.1. The van der Waals surface area contributed by atoms with Crippen LogP contribution in [0.15, 0.2) is 71.3 Å². The van der Waals surface area contributed by atoms with Crippen LogP contribution in [0.5, 0.6) is 0 Å². The van der Waals surface area contributed by atoms with Gasteiger partial charge in [-0.3, -0.25) is 14.9 Å². The van der Waals surface area contributed by atoms with Crippen molar-refractivity contribution in [2.45, 2.75) is 6.10 Å². The van der Waals surface area contributed by atoms with Crippen molar-refractivity contribution in [2.75, 3.05) is 5.32 Å². The van der Waals surface area contributed by atoms with Gasteiger partial charge in [-0.15, -0.1) is 0 Å². The molecule has 0 spiro atoms. The number of nitrogens with zero attached hydrogens (tertiary/aromatic N) is 1. The predicted octanol–water partition coefficient (Wildman–Crippen LogP) is 4.38. The number of benzene rings is 2. The lowest BCUT2D eigenvalue weighted by molar-refractivity contribution is -0.384. The lowest BCUT2D eigenvalue weighted by atomic mass is 10.1. The Labute approximate surface area is 163 Å². The van der Waals surface area contributed by atoms with Gasteiger partial charge < -0.3 is 14.5 Å². The number of nitro benzene ring substituents is 1. The molecule has 3 rings (SSSR count). The molecule has 3 aromatic rings. The molecule has 2 aromatic carbocycles. The van der Waals surface area contributed by atoms with E-state index in [1.54, 1.807) is 30.3 Å². The van der Waals surface area contributed by atoms with Crippen LogP contribution in [0.1, 0.15) is 22.2 Å². The van der Waals surface area contributed by atoms with Crippen molar-refractivity contribution in [2.24, 2.45) is 0 Å². The number of hydrogen-bond donors (Lipinski definition) is 1. The summed E-state index contributed by atoms with van der Waals surface area (Å²) >= 11 is 6.01. The highest BCUT2D eigenvalue weighted by Crippen LogP contribution is 2.28. The molecule has 0 saturated carbocycles. The summed E-state index contributed by atoms with van der Waals surface area (Å²) in [6.07, 6.45) is 0.0234. The second-order valence-electron chi connectivity index (χ2n) is 5.58. The maximum absolute atomic E-state index is 12.8. The normalized spacial score (nSPS) is 11.5. The van der Waals surface area contributed by atoms with E-state index in [4.69, 9.17) is 20.8 Å². The van der Waals surface area contributed by atoms with Gasteiger partial charge in [0.1, 0.15) is 0 Å². The summed E-state index contributed by atoms with van der Waals surface area (Å²) < 4.78 is 10.3. The number of esters is 1. The molecule has 1 aromatic heterocycles. The zero-order valence-electron chi connectivity index (χ0n) is 14.2. The van der Waals surface area contributed by atoms with Crippen molar-refractivity contribution in [3.63, 3.8) is 0 Å². The number of nitro groups is 1. The maximum atomic E-state index is 12.8. The predicted molar refractivity (Wildman–Crippen MR) is 100 cm³/mol. The minimum Gasteiger partial charge on any atom is -0.457 e. The number of amides is 1. The van der Waals surface area contributed by atoms with Crippen LogP contribution in [0.3, 0.4) is 0 Å². The second-order valence-corrected chi connectivity index (χ2v) is 5.99. The highest BCUT2D eigenvalue weighted by Gasteiger charge is 2.27. The van der Waals surface area contributed by atoms with Crippen LogP contribution >= 0.6 is 11.6 Å². The Balaban J connectivity index is 1.84. The van der Waals surface area contributed by atoms with Crippen LogP contribution in [0.2, 0.25) is 5.02 Å². The van der Waals surface area contributed by atoms with Crippen molar-refractivity contribution in [3.8, 4) is 0 Å². The molecule has 1 heterocycles. The molecule has 0 radical (unpaired) electrons. The summed E-state index contributed by atoms with van der Waals surface area (Å²) in [5.74, 6) is -1.55. The quantitative estimate of drug-likeness (QED) is 0.373. The number of carbonyl (C=O) groups excluding carboxylic acids is 2. The van der Waals surface area contributed by atoms with Gasteiger partial charge >= 0.3 is 5.97 Å². The van der Waals surface area contributed by atoms with Crippen molar-refractivity contribution in [1.82, 2.24) is 0 Å². The van der Waals surface area contributed by atoms with Gasteiger partial charge in [0, 0.05) is 17.7 Å². The molecular weight excluding hydrogens is 388 g/mol. The fourth-order valence-electron chi connectivity index (χ4n) is 2.38. The average molecular weight is 401 g/mol. The van der Waals surface area contributed by atoms with E-state index in [9.17, 15) is 19.7 Å². The van der Waals surface area contributed by atoms with Gasteiger partial charge in [-0.1, -0.05) is 41.9 Å². The standard InChI is InChI=1S/C19H13ClN2O6/c20-14-11-13(22(25)26)8-9-15(14)21-18(23)17(12-5-2-1-3-6-12)28-19(24)16-7-4-10-27-16/h1-11,17H,(H,21,23)/t17-/m1/s1. The van der Waals surface area contributed by atoms with Crippen LogP contribution in [0.4, 0.5) is 11.4 Å². The Kier molecular flexibility index (Phi) is 5.71. The summed E-state index contributed by atoms with van der Waals surface area (Å²) in [4.78, 5) is 35.2. The number of ether oxygens (including phenoxy) is 1. The molecular formula is C19H13ClN2O6. The van der Waals surface area contributed by atoms with Gasteiger partial charge in [0.25, 0.3) is 11.6 Å². The third-order valence-electron chi connectivity index (χ3n) is 3.71. The Bertz CT molecular complexity index is 1000. The number of carbonyl (C=O) groups is 2. The molecule has 1 amide bonds. The van der Waals surface area contributed by atoms with E-state index in [0.717, 1.165) is 6.07 Å². The van der Waals surface area contributed by atoms with Crippen LogP contribution in [0.25, 0.3) is 0 Å². The molecule has 28 heavy (non-hydrogen) atoms. The molecule has 0 fully saturated rings. The van der Waals surface area contributed by atoms with Gasteiger partial charge in [-0.2, -0.15) is 0 Å². The minimum atomic E-state index is -1.29. The number of halogens is 1. The maximum Gasteiger partial charge on any atom is 0.375 e. The average Bonchev–Trinajstić information content (AvgIpc) is 3.23. The first-order valence-electron chi connectivity index (χ1n) is 8.00. The van der Waals surface area contributed by atoms with Crippen LogP contribution in [0, 0.1) is 10.1 Å². The number of rotatable bonds is 6. The second kappa shape index (κ2) is 8.36. The molecule has 0 aliphatic heterocycles. The number of non-ortho nitro benzene ring substituents is 1. The molecule has 0 aliphatic rings. The Morgan fingerprint density at radius 3 is 2.46 bits per heavy atom. The Morgan fingerprint density at radius 1 is 1.11 bits per heavy atom. The van der Waals surface area contributed by atoms with Gasteiger partial charge in [0.05, 0.1) is 21.9 Å². The Hall–Kier alpha value is -3.65. The number of nitrogens with one attached hydrogen (secondary N) is 1. The minimum absolute atomic E-state index is 0.0216. The third kappa shape index (κ3) is 4.36. The third-order valence-corrected chi connectivity index (χ3v) is 4.02. The van der Waals surface area contributed by atoms with E-state index in [0.29, 0.717) is 5.56 Å². The summed E-state index contributed by atoms with van der Waals surface area (Å²) in [7, 11) is 0.